The highest BCUT2D eigenvalue weighted by molar-refractivity contribution is 14.0. The largest absolute Gasteiger partial charge is 0.369 e. The number of anilines is 1. The van der Waals surface area contributed by atoms with E-state index in [1.807, 2.05) is 13.8 Å². The minimum absolute atomic E-state index is 0. The zero-order chi connectivity index (χ0) is 16.9. The lowest BCUT2D eigenvalue weighted by Gasteiger charge is -2.37. The average molecular weight is 465 g/mol. The van der Waals surface area contributed by atoms with Gasteiger partial charge in [-0.05, 0) is 38.3 Å². The van der Waals surface area contributed by atoms with E-state index < -0.39 is 5.41 Å². The highest BCUT2D eigenvalue weighted by atomic mass is 127. The third-order valence-corrected chi connectivity index (χ3v) is 4.95. The number of guanidine groups is 1. The number of piperazine rings is 1. The van der Waals surface area contributed by atoms with Crippen molar-refractivity contribution >= 4 is 52.2 Å². The van der Waals surface area contributed by atoms with Crippen LogP contribution in [0.15, 0.2) is 22.5 Å². The normalized spacial score (nSPS) is 15.9. The number of aliphatic imine (C=N–C) groups is 1. The summed E-state index contributed by atoms with van der Waals surface area (Å²) in [6.45, 7) is 10.7. The fraction of sp³-hybridized carbons (Fsp3) is 0.625. The number of hydrogen-bond donors (Lipinski definition) is 2. The quantitative estimate of drug-likeness (QED) is 0.396. The fourth-order valence-electron chi connectivity index (χ4n) is 2.36. The molecule has 1 amide bonds. The second-order valence-corrected chi connectivity index (χ2v) is 7.27. The molecule has 3 N–H and O–H groups in total. The fourth-order valence-corrected chi connectivity index (χ4v) is 3.15. The summed E-state index contributed by atoms with van der Waals surface area (Å²) < 4.78 is 0. The van der Waals surface area contributed by atoms with E-state index in [0.717, 1.165) is 38.7 Å². The molecule has 8 heteroatoms. The Morgan fingerprint density at radius 1 is 1.38 bits per heavy atom. The lowest BCUT2D eigenvalue weighted by atomic mass is 9.93. The molecule has 1 aromatic rings. The summed E-state index contributed by atoms with van der Waals surface area (Å²) in [6.07, 6.45) is 0. The third-order valence-electron chi connectivity index (χ3n) is 4.02. The highest BCUT2D eigenvalue weighted by Crippen LogP contribution is 2.22. The van der Waals surface area contributed by atoms with Crippen molar-refractivity contribution < 1.29 is 4.79 Å². The molecular weight excluding hydrogens is 437 g/mol. The number of nitrogens with one attached hydrogen (secondary N) is 1. The van der Waals surface area contributed by atoms with Crippen LogP contribution >= 0.6 is 35.3 Å². The van der Waals surface area contributed by atoms with Gasteiger partial charge in [0.1, 0.15) is 0 Å². The van der Waals surface area contributed by atoms with Crippen molar-refractivity contribution in [3.63, 3.8) is 0 Å². The molecule has 136 valence electrons. The van der Waals surface area contributed by atoms with Gasteiger partial charge in [-0.25, -0.2) is 0 Å². The Labute approximate surface area is 165 Å². The first-order valence-corrected chi connectivity index (χ1v) is 8.93. The van der Waals surface area contributed by atoms with Crippen LogP contribution in [0.25, 0.3) is 0 Å². The van der Waals surface area contributed by atoms with Crippen LogP contribution in [-0.2, 0) is 4.79 Å². The van der Waals surface area contributed by atoms with E-state index in [0.29, 0.717) is 6.54 Å². The zero-order valence-electron chi connectivity index (χ0n) is 14.6. The van der Waals surface area contributed by atoms with Gasteiger partial charge in [0.2, 0.25) is 5.91 Å². The third kappa shape index (κ3) is 5.51. The number of nitrogens with two attached hydrogens (primary N) is 1. The number of amides is 1. The van der Waals surface area contributed by atoms with E-state index in [1.165, 1.54) is 5.00 Å². The molecule has 6 nitrogen and oxygen atoms in total. The Morgan fingerprint density at radius 2 is 2.04 bits per heavy atom. The minimum Gasteiger partial charge on any atom is -0.369 e. The summed E-state index contributed by atoms with van der Waals surface area (Å²) >= 11 is 1.78. The number of carbonyl (C=O) groups excluding carboxylic acids is 1. The van der Waals surface area contributed by atoms with E-state index >= 15 is 0 Å². The molecular formula is C16H28IN5OS. The maximum Gasteiger partial charge on any atom is 0.224 e. The van der Waals surface area contributed by atoms with Gasteiger partial charge in [-0.3, -0.25) is 9.79 Å². The Kier molecular flexibility index (Phi) is 8.28. The molecule has 0 radical (unpaired) electrons. The highest BCUT2D eigenvalue weighted by Gasteiger charge is 2.26. The summed E-state index contributed by atoms with van der Waals surface area (Å²) in [7, 11) is 0. The molecule has 0 spiro atoms. The second kappa shape index (κ2) is 9.45. The molecule has 0 unspecified atom stereocenters. The van der Waals surface area contributed by atoms with Gasteiger partial charge in [0, 0.05) is 32.7 Å². The molecule has 1 aromatic heterocycles. The van der Waals surface area contributed by atoms with Gasteiger partial charge in [-0.1, -0.05) is 0 Å². The monoisotopic (exact) mass is 465 g/mol. The topological polar surface area (TPSA) is 74.0 Å². The van der Waals surface area contributed by atoms with Crippen molar-refractivity contribution in [3.8, 4) is 0 Å². The SMILES string of the molecule is CCNC(=NCC(C)(C)C(N)=O)N1CCN(c2cccs2)CC1.I. The summed E-state index contributed by atoms with van der Waals surface area (Å²) in [5.41, 5.74) is 4.81. The van der Waals surface area contributed by atoms with Crippen LogP contribution < -0.4 is 16.0 Å². The molecule has 0 saturated carbocycles. The van der Waals surface area contributed by atoms with E-state index in [2.05, 4.69) is 44.5 Å². The van der Waals surface area contributed by atoms with Gasteiger partial charge in [0.25, 0.3) is 0 Å². The van der Waals surface area contributed by atoms with Crippen LogP contribution in [0.2, 0.25) is 0 Å². The van der Waals surface area contributed by atoms with Crippen LogP contribution in [0, 0.1) is 5.41 Å². The summed E-state index contributed by atoms with van der Waals surface area (Å²) in [5.74, 6) is 0.548. The van der Waals surface area contributed by atoms with Crippen molar-refractivity contribution in [1.82, 2.24) is 10.2 Å². The number of nitrogens with zero attached hydrogens (tertiary/aromatic N) is 3. The second-order valence-electron chi connectivity index (χ2n) is 6.34. The number of thiophene rings is 1. The van der Waals surface area contributed by atoms with Crippen molar-refractivity contribution in [3.05, 3.63) is 17.5 Å². The molecule has 0 atom stereocenters. The molecule has 1 saturated heterocycles. The summed E-state index contributed by atoms with van der Waals surface area (Å²) in [6, 6.07) is 4.25. The number of hydrogen-bond acceptors (Lipinski definition) is 4. The van der Waals surface area contributed by atoms with Gasteiger partial charge in [0.15, 0.2) is 5.96 Å². The molecule has 24 heavy (non-hydrogen) atoms. The Balaban J connectivity index is 0.00000288. The van der Waals surface area contributed by atoms with Crippen LogP contribution in [-0.4, -0.2) is 56.0 Å². The number of halogens is 1. The molecule has 0 aromatic carbocycles. The van der Waals surface area contributed by atoms with E-state index in [-0.39, 0.29) is 29.9 Å². The standard InChI is InChI=1S/C16H27N5OS.HI/c1-4-18-15(19-12-16(2,3)14(17)22)21-9-7-20(8-10-21)13-6-5-11-23-13;/h5-6,11H,4,7-10,12H2,1-3H3,(H2,17,22)(H,18,19);1H. The maximum absolute atomic E-state index is 11.5. The Hall–Kier alpha value is -1.03. The molecule has 0 bridgehead atoms. The Bertz CT molecular complexity index is 539. The van der Waals surface area contributed by atoms with Crippen LogP contribution in [0.1, 0.15) is 20.8 Å². The first-order valence-electron chi connectivity index (χ1n) is 8.05. The molecule has 2 heterocycles. The summed E-state index contributed by atoms with van der Waals surface area (Å²) in [5, 5.41) is 6.75. The summed E-state index contributed by atoms with van der Waals surface area (Å²) in [4.78, 5) is 20.7. The van der Waals surface area contributed by atoms with Crippen LogP contribution in [0.5, 0.6) is 0 Å². The van der Waals surface area contributed by atoms with E-state index in [9.17, 15) is 4.79 Å². The van der Waals surface area contributed by atoms with E-state index in [4.69, 9.17) is 5.73 Å². The van der Waals surface area contributed by atoms with Gasteiger partial charge in [0.05, 0.1) is 17.0 Å². The predicted molar refractivity (Wildman–Crippen MR) is 112 cm³/mol. The maximum atomic E-state index is 11.5. The first kappa shape index (κ1) is 21.0. The lowest BCUT2D eigenvalue weighted by molar-refractivity contribution is -0.125. The molecule has 1 fully saturated rings. The lowest BCUT2D eigenvalue weighted by Crippen LogP contribution is -2.52. The van der Waals surface area contributed by atoms with Gasteiger partial charge in [-0.15, -0.1) is 35.3 Å². The number of carbonyl (C=O) groups is 1. The number of rotatable bonds is 5. The van der Waals surface area contributed by atoms with Crippen molar-refractivity contribution in [2.45, 2.75) is 20.8 Å². The number of primary amides is 1. The van der Waals surface area contributed by atoms with Gasteiger partial charge in [-0.2, -0.15) is 0 Å². The predicted octanol–water partition coefficient (Wildman–Crippen LogP) is 1.97. The molecule has 2 rings (SSSR count). The van der Waals surface area contributed by atoms with Gasteiger partial charge >= 0.3 is 0 Å². The van der Waals surface area contributed by atoms with E-state index in [1.54, 1.807) is 11.3 Å². The molecule has 0 aliphatic carbocycles. The van der Waals surface area contributed by atoms with Crippen molar-refractivity contribution in [1.29, 1.82) is 0 Å². The van der Waals surface area contributed by atoms with Gasteiger partial charge < -0.3 is 20.9 Å². The van der Waals surface area contributed by atoms with Crippen LogP contribution in [0.3, 0.4) is 0 Å². The van der Waals surface area contributed by atoms with Crippen molar-refractivity contribution in [2.24, 2.45) is 16.1 Å². The average Bonchev–Trinajstić information content (AvgIpc) is 3.06. The first-order chi connectivity index (χ1) is 10.9. The Morgan fingerprint density at radius 3 is 2.54 bits per heavy atom. The molecule has 1 aliphatic rings. The van der Waals surface area contributed by atoms with Crippen LogP contribution in [0.4, 0.5) is 5.00 Å². The smallest absolute Gasteiger partial charge is 0.224 e. The zero-order valence-corrected chi connectivity index (χ0v) is 17.8. The molecule has 1 aliphatic heterocycles. The minimum atomic E-state index is -0.626. The van der Waals surface area contributed by atoms with Crippen molar-refractivity contribution in [2.75, 3.05) is 44.2 Å².